The van der Waals surface area contributed by atoms with Crippen LogP contribution in [-0.4, -0.2) is 26.2 Å². The number of aromatic amines is 2. The molecule has 2 heterocycles. The van der Waals surface area contributed by atoms with Crippen molar-refractivity contribution in [2.75, 3.05) is 11.5 Å². The van der Waals surface area contributed by atoms with Crippen molar-refractivity contribution in [3.05, 3.63) is 93.9 Å². The van der Waals surface area contributed by atoms with Crippen LogP contribution in [0.2, 0.25) is 10.2 Å². The predicted molar refractivity (Wildman–Crippen MR) is 152 cm³/mol. The third-order valence-electron chi connectivity index (χ3n) is 6.32. The van der Waals surface area contributed by atoms with Gasteiger partial charge in [-0.3, -0.25) is 5.10 Å². The number of nitrogen functional groups attached to an aromatic ring is 2. The van der Waals surface area contributed by atoms with Gasteiger partial charge in [-0.25, -0.2) is 9.78 Å². The number of amides is 2. The maximum atomic E-state index is 13.1. The van der Waals surface area contributed by atoms with Crippen LogP contribution in [0, 0.1) is 0 Å². The number of benzene rings is 3. The number of hydrogen-bond donors (Lipinski definition) is 6. The van der Waals surface area contributed by atoms with Crippen LogP contribution in [-0.2, 0) is 6.42 Å². The molecule has 0 aliphatic rings. The third kappa shape index (κ3) is 5.39. The summed E-state index contributed by atoms with van der Waals surface area (Å²) in [5, 5.41) is 14.6. The zero-order chi connectivity index (χ0) is 26.8. The zero-order valence-electron chi connectivity index (χ0n) is 20.4. The van der Waals surface area contributed by atoms with Crippen LogP contribution in [0.25, 0.3) is 22.2 Å². The summed E-state index contributed by atoms with van der Waals surface area (Å²) in [6.07, 6.45) is 0.487. The minimum Gasteiger partial charge on any atom is -0.398 e. The highest BCUT2D eigenvalue weighted by atomic mass is 35.5. The molecule has 194 valence electrons. The van der Waals surface area contributed by atoms with E-state index in [1.54, 1.807) is 18.2 Å². The molecule has 1 unspecified atom stereocenters. The minimum absolute atomic E-state index is 0.354. The van der Waals surface area contributed by atoms with Crippen molar-refractivity contribution in [2.24, 2.45) is 0 Å². The number of hydrogen-bond acceptors (Lipinski definition) is 5. The second kappa shape index (κ2) is 10.6. The first kappa shape index (κ1) is 25.4. The van der Waals surface area contributed by atoms with Crippen LogP contribution >= 0.6 is 23.2 Å². The molecule has 2 aromatic heterocycles. The largest absolute Gasteiger partial charge is 0.398 e. The Balaban J connectivity index is 1.41. The van der Waals surface area contributed by atoms with Gasteiger partial charge in [-0.15, -0.1) is 0 Å². The predicted octanol–water partition coefficient (Wildman–Crippen LogP) is 5.77. The molecule has 0 radical (unpaired) electrons. The van der Waals surface area contributed by atoms with E-state index < -0.39 is 6.04 Å². The Morgan fingerprint density at radius 1 is 1.03 bits per heavy atom. The van der Waals surface area contributed by atoms with Gasteiger partial charge in [-0.1, -0.05) is 59.6 Å². The number of aromatic nitrogens is 4. The summed E-state index contributed by atoms with van der Waals surface area (Å²) in [4.78, 5) is 21.0. The molecule has 2 amide bonds. The molecule has 5 rings (SSSR count). The molecule has 3 aromatic carbocycles. The fourth-order valence-corrected chi connectivity index (χ4v) is 4.80. The van der Waals surface area contributed by atoms with E-state index in [2.05, 4.69) is 25.8 Å². The zero-order valence-corrected chi connectivity index (χ0v) is 21.9. The second-order valence-electron chi connectivity index (χ2n) is 9.01. The van der Waals surface area contributed by atoms with E-state index in [0.717, 1.165) is 27.6 Å². The highest BCUT2D eigenvalue weighted by Crippen LogP contribution is 2.31. The Kier molecular flexibility index (Phi) is 7.13. The van der Waals surface area contributed by atoms with Crippen molar-refractivity contribution >= 4 is 51.6 Å². The van der Waals surface area contributed by atoms with E-state index in [1.807, 2.05) is 55.5 Å². The fraction of sp³-hybridized carbons (Fsp3) is 0.148. The van der Waals surface area contributed by atoms with Gasteiger partial charge < -0.3 is 27.1 Å². The number of nitrogens with two attached hydrogens (primary N) is 2. The standard InChI is InChI=1S/C27H26Cl2N8O/c1-14(19-13-17(28)8-10-20(19)30)32-27(38)33-22(11-15-5-3-2-4-6-15)26-34-23(24(29)35-26)16-7-9-18-21(12-16)36-37-25(18)31/h2-10,12-14,22H,11,30H2,1H3,(H,34,35)(H3,31,36,37)(H2,32,33,38)/t14?,22-/m0/s1. The lowest BCUT2D eigenvalue weighted by Crippen LogP contribution is -2.40. The SMILES string of the molecule is CC(NC(=O)N[C@@H](Cc1ccccc1)c1nc(-c2ccc3c(N)n[nH]c3c2)c(Cl)[nH]1)c1cc(Cl)ccc1N. The van der Waals surface area contributed by atoms with E-state index in [4.69, 9.17) is 39.7 Å². The summed E-state index contributed by atoms with van der Waals surface area (Å²) in [7, 11) is 0. The van der Waals surface area contributed by atoms with Crippen LogP contribution in [0.15, 0.2) is 66.7 Å². The number of fused-ring (bicyclic) bond motifs is 1. The first-order chi connectivity index (χ1) is 18.3. The number of carbonyl (C=O) groups excluding carboxylic acids is 1. The lowest BCUT2D eigenvalue weighted by molar-refractivity contribution is 0.233. The minimum atomic E-state index is -0.501. The molecule has 0 aliphatic carbocycles. The average Bonchev–Trinajstić information content (AvgIpc) is 3.47. The van der Waals surface area contributed by atoms with E-state index in [9.17, 15) is 4.79 Å². The summed E-state index contributed by atoms with van der Waals surface area (Å²) >= 11 is 12.7. The van der Waals surface area contributed by atoms with Crippen LogP contribution in [0.4, 0.5) is 16.3 Å². The van der Waals surface area contributed by atoms with E-state index in [-0.39, 0.29) is 12.1 Å². The summed E-state index contributed by atoms with van der Waals surface area (Å²) < 4.78 is 0. The van der Waals surface area contributed by atoms with Gasteiger partial charge in [0.15, 0.2) is 5.82 Å². The van der Waals surface area contributed by atoms with Gasteiger partial charge >= 0.3 is 6.03 Å². The van der Waals surface area contributed by atoms with Gasteiger partial charge in [0.1, 0.15) is 16.7 Å². The maximum absolute atomic E-state index is 13.1. The van der Waals surface area contributed by atoms with Gasteiger partial charge in [0, 0.05) is 21.7 Å². The molecular formula is C27H26Cl2N8O. The average molecular weight is 549 g/mol. The maximum Gasteiger partial charge on any atom is 0.315 e. The molecule has 11 heteroatoms. The highest BCUT2D eigenvalue weighted by molar-refractivity contribution is 6.32. The van der Waals surface area contributed by atoms with Gasteiger partial charge in [0.25, 0.3) is 0 Å². The van der Waals surface area contributed by atoms with Gasteiger partial charge in [-0.05, 0) is 54.8 Å². The fourth-order valence-electron chi connectivity index (χ4n) is 4.37. The summed E-state index contributed by atoms with van der Waals surface area (Å²) in [6.45, 7) is 1.84. The molecule has 8 N–H and O–H groups in total. The molecule has 9 nitrogen and oxygen atoms in total. The number of rotatable bonds is 7. The van der Waals surface area contributed by atoms with Crippen LogP contribution < -0.4 is 22.1 Å². The van der Waals surface area contributed by atoms with Crippen molar-refractivity contribution in [1.29, 1.82) is 0 Å². The Morgan fingerprint density at radius 3 is 2.61 bits per heavy atom. The van der Waals surface area contributed by atoms with Crippen molar-refractivity contribution in [2.45, 2.75) is 25.4 Å². The molecule has 0 saturated heterocycles. The van der Waals surface area contributed by atoms with Gasteiger partial charge in [0.05, 0.1) is 17.6 Å². The monoisotopic (exact) mass is 548 g/mol. The third-order valence-corrected chi connectivity index (χ3v) is 6.83. The topological polar surface area (TPSA) is 151 Å². The smallest absolute Gasteiger partial charge is 0.315 e. The summed E-state index contributed by atoms with van der Waals surface area (Å²) in [5.74, 6) is 0.940. The first-order valence-electron chi connectivity index (χ1n) is 11.9. The molecule has 0 spiro atoms. The molecule has 0 aliphatic heterocycles. The summed E-state index contributed by atoms with van der Waals surface area (Å²) in [5.41, 5.74) is 16.4. The lowest BCUT2D eigenvalue weighted by Gasteiger charge is -2.21. The van der Waals surface area contributed by atoms with Gasteiger partial charge in [-0.2, -0.15) is 5.10 Å². The summed E-state index contributed by atoms with van der Waals surface area (Å²) in [6, 6.07) is 19.3. The van der Waals surface area contributed by atoms with Crippen LogP contribution in [0.5, 0.6) is 0 Å². The number of urea groups is 1. The Labute approximate surface area is 228 Å². The van der Waals surface area contributed by atoms with Crippen LogP contribution in [0.3, 0.4) is 0 Å². The van der Waals surface area contributed by atoms with E-state index in [1.165, 1.54) is 0 Å². The number of H-pyrrole nitrogens is 2. The normalized spacial score (nSPS) is 12.8. The molecular weight excluding hydrogens is 523 g/mol. The first-order valence-corrected chi connectivity index (χ1v) is 12.7. The molecule has 0 fully saturated rings. The highest BCUT2D eigenvalue weighted by Gasteiger charge is 2.23. The number of carbonyl (C=O) groups is 1. The molecule has 5 aromatic rings. The van der Waals surface area contributed by atoms with Crippen LogP contribution in [0.1, 0.15) is 36.0 Å². The molecule has 2 atom stereocenters. The van der Waals surface area contributed by atoms with E-state index in [0.29, 0.717) is 39.6 Å². The quantitative estimate of drug-likeness (QED) is 0.143. The molecule has 0 bridgehead atoms. The number of halogens is 2. The number of anilines is 2. The number of nitrogens with one attached hydrogen (secondary N) is 4. The van der Waals surface area contributed by atoms with Crippen molar-refractivity contribution in [1.82, 2.24) is 30.8 Å². The Hall–Kier alpha value is -4.21. The van der Waals surface area contributed by atoms with Crippen molar-refractivity contribution < 1.29 is 4.79 Å². The second-order valence-corrected chi connectivity index (χ2v) is 9.82. The number of imidazole rings is 1. The van der Waals surface area contributed by atoms with Crippen molar-refractivity contribution in [3.8, 4) is 11.3 Å². The Morgan fingerprint density at radius 2 is 1.82 bits per heavy atom. The van der Waals surface area contributed by atoms with E-state index >= 15 is 0 Å². The molecule has 0 saturated carbocycles. The number of nitrogens with zero attached hydrogens (tertiary/aromatic N) is 2. The van der Waals surface area contributed by atoms with Gasteiger partial charge in [0.2, 0.25) is 0 Å². The molecule has 38 heavy (non-hydrogen) atoms. The van der Waals surface area contributed by atoms with Crippen molar-refractivity contribution in [3.63, 3.8) is 0 Å². The lowest BCUT2D eigenvalue weighted by atomic mass is 10.1. The Bertz CT molecular complexity index is 1600.